The minimum Gasteiger partial charge on any atom is -0.366 e. The van der Waals surface area contributed by atoms with E-state index >= 15 is 0 Å². The number of anilines is 1. The minimum absolute atomic E-state index is 0.152. The molecule has 0 atom stereocenters. The Labute approximate surface area is 121 Å². The predicted molar refractivity (Wildman–Crippen MR) is 78.8 cm³/mol. The monoisotopic (exact) mass is 290 g/mol. The van der Waals surface area contributed by atoms with E-state index in [-0.39, 0.29) is 11.8 Å². The van der Waals surface area contributed by atoms with Gasteiger partial charge in [-0.15, -0.1) is 10.2 Å². The largest absolute Gasteiger partial charge is 0.366 e. The predicted octanol–water partition coefficient (Wildman–Crippen LogP) is 2.22. The lowest BCUT2D eigenvalue weighted by atomic mass is 10.2. The molecule has 0 bridgehead atoms. The maximum atomic E-state index is 11.5. The molecule has 1 heterocycles. The van der Waals surface area contributed by atoms with Crippen LogP contribution in [0.1, 0.15) is 12.8 Å². The summed E-state index contributed by atoms with van der Waals surface area (Å²) in [5, 5.41) is 16.3. The number of carbonyl (C=O) groups excluding carboxylic acids is 1. The van der Waals surface area contributed by atoms with Crippen molar-refractivity contribution >= 4 is 34.1 Å². The number of nitrogens with one attached hydrogen (secondary N) is 2. The van der Waals surface area contributed by atoms with Crippen molar-refractivity contribution in [2.24, 2.45) is 5.92 Å². The van der Waals surface area contributed by atoms with Crippen LogP contribution in [0.3, 0.4) is 0 Å². The summed E-state index contributed by atoms with van der Waals surface area (Å²) in [6.45, 7) is 1.19. The SMILES string of the molecule is O=C(NCCNc1nnc(Cl)c2ccccc12)C1CC1. The van der Waals surface area contributed by atoms with Gasteiger partial charge in [0.25, 0.3) is 0 Å². The second-order valence-electron chi connectivity index (χ2n) is 4.88. The number of halogens is 1. The molecular weight excluding hydrogens is 276 g/mol. The molecule has 1 aromatic carbocycles. The molecule has 1 amide bonds. The van der Waals surface area contributed by atoms with Crippen LogP contribution in [0.2, 0.25) is 5.15 Å². The van der Waals surface area contributed by atoms with Gasteiger partial charge in [0.05, 0.1) is 0 Å². The molecule has 2 aromatic rings. The van der Waals surface area contributed by atoms with Crippen molar-refractivity contribution in [1.82, 2.24) is 15.5 Å². The van der Waals surface area contributed by atoms with Gasteiger partial charge in [0.1, 0.15) is 0 Å². The van der Waals surface area contributed by atoms with Gasteiger partial charge >= 0.3 is 0 Å². The Morgan fingerprint density at radius 2 is 1.95 bits per heavy atom. The first-order chi connectivity index (χ1) is 9.75. The van der Waals surface area contributed by atoms with Crippen LogP contribution in [-0.4, -0.2) is 29.2 Å². The third-order valence-corrected chi connectivity index (χ3v) is 3.59. The third kappa shape index (κ3) is 2.82. The summed E-state index contributed by atoms with van der Waals surface area (Å²) in [5.41, 5.74) is 0. The van der Waals surface area contributed by atoms with Crippen LogP contribution >= 0.6 is 11.6 Å². The zero-order chi connectivity index (χ0) is 13.9. The molecule has 2 N–H and O–H groups in total. The molecule has 1 fully saturated rings. The number of carbonyl (C=O) groups is 1. The van der Waals surface area contributed by atoms with E-state index in [0.717, 1.165) is 23.6 Å². The number of fused-ring (bicyclic) bond motifs is 1. The standard InChI is InChI=1S/C14H15ClN4O/c15-12-10-3-1-2-4-11(10)13(19-18-12)16-7-8-17-14(20)9-5-6-9/h1-4,9H,5-8H2,(H,16,19)(H,17,20). The molecule has 0 aliphatic heterocycles. The van der Waals surface area contributed by atoms with Gasteiger partial charge in [0, 0.05) is 29.8 Å². The van der Waals surface area contributed by atoms with Crippen LogP contribution < -0.4 is 10.6 Å². The molecule has 1 aliphatic rings. The van der Waals surface area contributed by atoms with Crippen molar-refractivity contribution < 1.29 is 4.79 Å². The molecule has 104 valence electrons. The van der Waals surface area contributed by atoms with Crippen LogP contribution in [0.15, 0.2) is 24.3 Å². The Bertz CT molecular complexity index is 642. The molecule has 0 radical (unpaired) electrons. The van der Waals surface area contributed by atoms with E-state index in [9.17, 15) is 4.79 Å². The Morgan fingerprint density at radius 1 is 1.20 bits per heavy atom. The Kier molecular flexibility index (Phi) is 3.69. The number of nitrogens with zero attached hydrogens (tertiary/aromatic N) is 2. The van der Waals surface area contributed by atoms with Crippen LogP contribution in [0, 0.1) is 5.92 Å². The van der Waals surface area contributed by atoms with E-state index < -0.39 is 0 Å². The highest BCUT2D eigenvalue weighted by atomic mass is 35.5. The lowest BCUT2D eigenvalue weighted by molar-refractivity contribution is -0.122. The molecule has 0 saturated heterocycles. The number of rotatable bonds is 5. The fourth-order valence-electron chi connectivity index (χ4n) is 2.06. The van der Waals surface area contributed by atoms with Crippen molar-refractivity contribution in [3.8, 4) is 0 Å². The van der Waals surface area contributed by atoms with Crippen molar-refractivity contribution in [1.29, 1.82) is 0 Å². The van der Waals surface area contributed by atoms with Gasteiger partial charge in [-0.1, -0.05) is 35.9 Å². The molecular formula is C14H15ClN4O. The average Bonchev–Trinajstić information content (AvgIpc) is 3.30. The van der Waals surface area contributed by atoms with Crippen molar-refractivity contribution in [3.63, 3.8) is 0 Å². The van der Waals surface area contributed by atoms with Gasteiger partial charge in [-0.05, 0) is 12.8 Å². The highest BCUT2D eigenvalue weighted by Crippen LogP contribution is 2.28. The zero-order valence-corrected chi connectivity index (χ0v) is 11.7. The lowest BCUT2D eigenvalue weighted by Gasteiger charge is -2.09. The van der Waals surface area contributed by atoms with Gasteiger partial charge in [-0.2, -0.15) is 0 Å². The van der Waals surface area contributed by atoms with Gasteiger partial charge in [0.2, 0.25) is 5.91 Å². The summed E-state index contributed by atoms with van der Waals surface area (Å²) in [5.74, 6) is 1.08. The van der Waals surface area contributed by atoms with Crippen LogP contribution in [-0.2, 0) is 4.79 Å². The maximum Gasteiger partial charge on any atom is 0.223 e. The maximum absolute atomic E-state index is 11.5. The topological polar surface area (TPSA) is 66.9 Å². The Morgan fingerprint density at radius 3 is 2.70 bits per heavy atom. The van der Waals surface area contributed by atoms with E-state index in [1.54, 1.807) is 0 Å². The van der Waals surface area contributed by atoms with Gasteiger partial charge < -0.3 is 10.6 Å². The number of amides is 1. The van der Waals surface area contributed by atoms with Gasteiger partial charge in [-0.25, -0.2) is 0 Å². The zero-order valence-electron chi connectivity index (χ0n) is 10.9. The fraction of sp³-hybridized carbons (Fsp3) is 0.357. The summed E-state index contributed by atoms with van der Waals surface area (Å²) >= 11 is 6.02. The molecule has 20 heavy (non-hydrogen) atoms. The van der Waals surface area contributed by atoms with E-state index in [1.165, 1.54) is 0 Å². The van der Waals surface area contributed by atoms with E-state index in [1.807, 2.05) is 24.3 Å². The number of benzene rings is 1. The number of hydrogen-bond acceptors (Lipinski definition) is 4. The van der Waals surface area contributed by atoms with Crippen LogP contribution in [0.4, 0.5) is 5.82 Å². The van der Waals surface area contributed by atoms with E-state index in [4.69, 9.17) is 11.6 Å². The Balaban J connectivity index is 1.62. The quantitative estimate of drug-likeness (QED) is 0.829. The van der Waals surface area contributed by atoms with Gasteiger partial charge in [0.15, 0.2) is 11.0 Å². The molecule has 1 aromatic heterocycles. The highest BCUT2D eigenvalue weighted by Gasteiger charge is 2.28. The van der Waals surface area contributed by atoms with Crippen LogP contribution in [0.25, 0.3) is 10.8 Å². The smallest absolute Gasteiger partial charge is 0.223 e. The molecule has 1 saturated carbocycles. The summed E-state index contributed by atoms with van der Waals surface area (Å²) in [4.78, 5) is 11.5. The average molecular weight is 291 g/mol. The highest BCUT2D eigenvalue weighted by molar-refractivity contribution is 6.34. The van der Waals surface area contributed by atoms with Crippen molar-refractivity contribution in [3.05, 3.63) is 29.4 Å². The summed E-state index contributed by atoms with van der Waals surface area (Å²) in [7, 11) is 0. The molecule has 0 unspecified atom stereocenters. The molecule has 5 nitrogen and oxygen atoms in total. The molecule has 3 rings (SSSR count). The fourth-order valence-corrected chi connectivity index (χ4v) is 2.26. The van der Waals surface area contributed by atoms with E-state index in [0.29, 0.717) is 24.1 Å². The second-order valence-corrected chi connectivity index (χ2v) is 5.24. The van der Waals surface area contributed by atoms with E-state index in [2.05, 4.69) is 20.8 Å². The summed E-state index contributed by atoms with van der Waals surface area (Å²) in [6, 6.07) is 7.70. The van der Waals surface area contributed by atoms with Crippen LogP contribution in [0.5, 0.6) is 0 Å². The normalized spacial score (nSPS) is 14.2. The summed E-state index contributed by atoms with van der Waals surface area (Å²) < 4.78 is 0. The van der Waals surface area contributed by atoms with Gasteiger partial charge in [-0.3, -0.25) is 4.79 Å². The molecule has 1 aliphatic carbocycles. The minimum atomic E-state index is 0.152. The van der Waals surface area contributed by atoms with Crippen molar-refractivity contribution in [2.75, 3.05) is 18.4 Å². The lowest BCUT2D eigenvalue weighted by Crippen LogP contribution is -2.30. The van der Waals surface area contributed by atoms with Crippen molar-refractivity contribution in [2.45, 2.75) is 12.8 Å². The first-order valence-corrected chi connectivity index (χ1v) is 7.06. The third-order valence-electron chi connectivity index (χ3n) is 3.31. The first-order valence-electron chi connectivity index (χ1n) is 6.68. The Hall–Kier alpha value is -1.88. The molecule has 6 heteroatoms. The number of hydrogen-bond donors (Lipinski definition) is 2. The molecule has 0 spiro atoms. The second kappa shape index (κ2) is 5.63. The first kappa shape index (κ1) is 13.1. The number of aromatic nitrogens is 2. The summed E-state index contributed by atoms with van der Waals surface area (Å²) in [6.07, 6.45) is 2.04.